The van der Waals surface area contributed by atoms with Crippen molar-refractivity contribution in [1.82, 2.24) is 19.5 Å². The van der Waals surface area contributed by atoms with Gasteiger partial charge in [-0.1, -0.05) is 27.7 Å². The van der Waals surface area contributed by atoms with Crippen molar-refractivity contribution in [3.8, 4) is 0 Å². The molecule has 0 aliphatic heterocycles. The van der Waals surface area contributed by atoms with E-state index in [-0.39, 0.29) is 0 Å². The van der Waals surface area contributed by atoms with E-state index in [9.17, 15) is 0 Å². The number of imidazole rings is 1. The Balaban J connectivity index is 2.53. The molecule has 92 valence electrons. The highest BCUT2D eigenvalue weighted by atomic mass is 15.1. The minimum Gasteiger partial charge on any atom is -0.311 e. The van der Waals surface area contributed by atoms with Crippen molar-refractivity contribution in [1.29, 1.82) is 0 Å². The van der Waals surface area contributed by atoms with Gasteiger partial charge < -0.3 is 4.57 Å². The van der Waals surface area contributed by atoms with E-state index < -0.39 is 0 Å². The Kier molecular flexibility index (Phi) is 3.41. The van der Waals surface area contributed by atoms with Crippen molar-refractivity contribution in [2.24, 2.45) is 0 Å². The molecule has 2 aromatic heterocycles. The summed E-state index contributed by atoms with van der Waals surface area (Å²) in [5, 5.41) is 0. The lowest BCUT2D eigenvalue weighted by atomic mass is 10.1. The zero-order valence-electron chi connectivity index (χ0n) is 11.0. The van der Waals surface area contributed by atoms with Crippen molar-refractivity contribution >= 4 is 11.3 Å². The molecule has 0 aliphatic carbocycles. The van der Waals surface area contributed by atoms with Crippen LogP contribution in [0, 0.1) is 0 Å². The van der Waals surface area contributed by atoms with Gasteiger partial charge >= 0.3 is 0 Å². The van der Waals surface area contributed by atoms with Crippen molar-refractivity contribution in [2.45, 2.75) is 52.5 Å². The number of hydrogen-bond donors (Lipinski definition) is 0. The number of rotatable bonds is 4. The molecule has 2 rings (SSSR count). The zero-order chi connectivity index (χ0) is 12.4. The molecule has 2 heterocycles. The van der Waals surface area contributed by atoms with Crippen LogP contribution in [0.1, 0.15) is 58.2 Å². The van der Waals surface area contributed by atoms with Crippen LogP contribution in [-0.4, -0.2) is 19.5 Å². The lowest BCUT2D eigenvalue weighted by molar-refractivity contribution is 0.480. The van der Waals surface area contributed by atoms with Crippen LogP contribution in [0.3, 0.4) is 0 Å². The van der Waals surface area contributed by atoms with E-state index >= 15 is 0 Å². The minimum absolute atomic E-state index is 0.400. The molecule has 4 heteroatoms. The van der Waals surface area contributed by atoms with E-state index in [1.165, 1.54) is 0 Å². The second-order valence-corrected chi connectivity index (χ2v) is 4.72. The predicted octanol–water partition coefficient (Wildman–Crippen LogP) is 3.31. The van der Waals surface area contributed by atoms with E-state index in [4.69, 9.17) is 0 Å². The lowest BCUT2D eigenvalue weighted by Gasteiger charge is -2.14. The molecule has 0 fully saturated rings. The second-order valence-electron chi connectivity index (χ2n) is 4.72. The van der Waals surface area contributed by atoms with Gasteiger partial charge in [-0.3, -0.25) is 0 Å². The largest absolute Gasteiger partial charge is 0.311 e. The van der Waals surface area contributed by atoms with Crippen molar-refractivity contribution < 1.29 is 0 Å². The Morgan fingerprint density at radius 2 is 1.88 bits per heavy atom. The number of nitrogens with zero attached hydrogens (tertiary/aromatic N) is 4. The van der Waals surface area contributed by atoms with Gasteiger partial charge in [0.05, 0.1) is 18.2 Å². The molecule has 0 amide bonds. The van der Waals surface area contributed by atoms with Gasteiger partial charge in [0.2, 0.25) is 0 Å². The molecule has 0 unspecified atom stereocenters. The normalized spacial score (nSPS) is 11.9. The van der Waals surface area contributed by atoms with Gasteiger partial charge in [-0.25, -0.2) is 15.0 Å². The minimum atomic E-state index is 0.400. The smallest absolute Gasteiger partial charge is 0.197 e. The van der Waals surface area contributed by atoms with E-state index in [0.29, 0.717) is 12.0 Å². The maximum absolute atomic E-state index is 4.69. The van der Waals surface area contributed by atoms with Gasteiger partial charge in [-0.05, 0) is 18.8 Å². The fourth-order valence-corrected chi connectivity index (χ4v) is 2.05. The summed E-state index contributed by atoms with van der Waals surface area (Å²) in [4.78, 5) is 13.4. The third-order valence-electron chi connectivity index (χ3n) is 3.23. The van der Waals surface area contributed by atoms with Crippen LogP contribution < -0.4 is 0 Å². The van der Waals surface area contributed by atoms with Crippen LogP contribution in [0.4, 0.5) is 0 Å². The summed E-state index contributed by atoms with van der Waals surface area (Å²) in [5.41, 5.74) is 2.71. The predicted molar refractivity (Wildman–Crippen MR) is 69.0 cm³/mol. The highest BCUT2D eigenvalue weighted by Crippen LogP contribution is 2.21. The van der Waals surface area contributed by atoms with Crippen LogP contribution in [0.2, 0.25) is 0 Å². The Morgan fingerprint density at radius 3 is 2.47 bits per heavy atom. The van der Waals surface area contributed by atoms with Crippen LogP contribution in [0.5, 0.6) is 0 Å². The van der Waals surface area contributed by atoms with Crippen LogP contribution in [0.25, 0.3) is 11.3 Å². The number of fused-ring (bicyclic) bond motifs is 1. The van der Waals surface area contributed by atoms with Gasteiger partial charge in [0.25, 0.3) is 0 Å². The monoisotopic (exact) mass is 232 g/mol. The summed E-state index contributed by atoms with van der Waals surface area (Å²) < 4.78 is 2.16. The Morgan fingerprint density at radius 1 is 1.18 bits per heavy atom. The Hall–Kier alpha value is -1.45. The molecule has 0 aromatic carbocycles. The lowest BCUT2D eigenvalue weighted by Crippen LogP contribution is -2.07. The molecular formula is C13H20N4. The SMILES string of the molecule is CCC(CC)n1cnc2ncc(C(C)C)nc21. The second kappa shape index (κ2) is 4.82. The van der Waals surface area contributed by atoms with Gasteiger partial charge in [0, 0.05) is 6.04 Å². The van der Waals surface area contributed by atoms with Gasteiger partial charge in [-0.15, -0.1) is 0 Å². The molecule has 0 spiro atoms. The summed E-state index contributed by atoms with van der Waals surface area (Å²) in [5.74, 6) is 0.400. The highest BCUT2D eigenvalue weighted by Gasteiger charge is 2.13. The van der Waals surface area contributed by atoms with Gasteiger partial charge in [-0.2, -0.15) is 0 Å². The average molecular weight is 232 g/mol. The fourth-order valence-electron chi connectivity index (χ4n) is 2.05. The summed E-state index contributed by atoms with van der Waals surface area (Å²) in [7, 11) is 0. The maximum atomic E-state index is 4.69. The summed E-state index contributed by atoms with van der Waals surface area (Å²) in [6.07, 6.45) is 5.88. The van der Waals surface area contributed by atoms with E-state index in [2.05, 4.69) is 47.2 Å². The van der Waals surface area contributed by atoms with Crippen LogP contribution >= 0.6 is 0 Å². The topological polar surface area (TPSA) is 43.6 Å². The van der Waals surface area contributed by atoms with Crippen molar-refractivity contribution in [3.63, 3.8) is 0 Å². The molecule has 0 N–H and O–H groups in total. The number of hydrogen-bond acceptors (Lipinski definition) is 3. The first-order chi connectivity index (χ1) is 8.17. The first-order valence-electron chi connectivity index (χ1n) is 6.36. The van der Waals surface area contributed by atoms with E-state index in [1.54, 1.807) is 0 Å². The fraction of sp³-hybridized carbons (Fsp3) is 0.615. The zero-order valence-corrected chi connectivity index (χ0v) is 11.0. The Labute approximate surface area is 102 Å². The summed E-state index contributed by atoms with van der Waals surface area (Å²) in [6, 6.07) is 0.469. The van der Waals surface area contributed by atoms with Gasteiger partial charge in [0.1, 0.15) is 0 Å². The highest BCUT2D eigenvalue weighted by molar-refractivity contribution is 5.65. The molecule has 0 atom stereocenters. The molecular weight excluding hydrogens is 212 g/mol. The third kappa shape index (κ3) is 2.16. The first kappa shape index (κ1) is 12.0. The maximum Gasteiger partial charge on any atom is 0.197 e. The van der Waals surface area contributed by atoms with Gasteiger partial charge in [0.15, 0.2) is 11.3 Å². The average Bonchev–Trinajstić information content (AvgIpc) is 2.74. The quantitative estimate of drug-likeness (QED) is 0.812. The molecule has 0 radical (unpaired) electrons. The molecule has 0 saturated heterocycles. The van der Waals surface area contributed by atoms with Crippen molar-refractivity contribution in [2.75, 3.05) is 0 Å². The van der Waals surface area contributed by atoms with E-state index in [0.717, 1.165) is 29.8 Å². The first-order valence-corrected chi connectivity index (χ1v) is 6.36. The van der Waals surface area contributed by atoms with Crippen LogP contribution in [0.15, 0.2) is 12.5 Å². The summed E-state index contributed by atoms with van der Waals surface area (Å²) >= 11 is 0. The standard InChI is InChI=1S/C13H20N4/c1-5-10(6-2)17-8-15-12-13(17)16-11(7-14-12)9(3)4/h7-10H,5-6H2,1-4H3. The molecule has 4 nitrogen and oxygen atoms in total. The molecule has 0 saturated carbocycles. The van der Waals surface area contributed by atoms with E-state index in [1.807, 2.05) is 12.5 Å². The summed E-state index contributed by atoms with van der Waals surface area (Å²) in [6.45, 7) is 8.65. The molecule has 17 heavy (non-hydrogen) atoms. The molecule has 0 aliphatic rings. The molecule has 0 bridgehead atoms. The van der Waals surface area contributed by atoms with Crippen molar-refractivity contribution in [3.05, 3.63) is 18.2 Å². The Bertz CT molecular complexity index is 497. The van der Waals surface area contributed by atoms with Crippen LogP contribution in [-0.2, 0) is 0 Å². The third-order valence-corrected chi connectivity index (χ3v) is 3.23. The molecule has 2 aromatic rings. The number of aromatic nitrogens is 4.